The predicted molar refractivity (Wildman–Crippen MR) is 134 cm³/mol. The zero-order chi connectivity index (χ0) is 18.5. The van der Waals surface area contributed by atoms with E-state index in [1.54, 1.807) is 11.3 Å². The van der Waals surface area contributed by atoms with Crippen LogP contribution in [0, 0.1) is 0 Å². The van der Waals surface area contributed by atoms with E-state index in [9.17, 15) is 0 Å². The van der Waals surface area contributed by atoms with E-state index >= 15 is 0 Å². The van der Waals surface area contributed by atoms with Gasteiger partial charge in [0, 0.05) is 62.1 Å². The molecule has 0 radical (unpaired) electrons. The monoisotopic (exact) mass is 535 g/mol. The molecule has 1 aromatic heterocycles. The van der Waals surface area contributed by atoms with Crippen molar-refractivity contribution in [2.75, 3.05) is 50.4 Å². The van der Waals surface area contributed by atoms with E-state index in [4.69, 9.17) is 4.98 Å². The van der Waals surface area contributed by atoms with Gasteiger partial charge in [-0.3, -0.25) is 4.99 Å². The van der Waals surface area contributed by atoms with Crippen LogP contribution in [0.1, 0.15) is 50.6 Å². The molecule has 3 aliphatic rings. The van der Waals surface area contributed by atoms with Gasteiger partial charge < -0.3 is 15.1 Å². The molecule has 1 saturated carbocycles. The summed E-state index contributed by atoms with van der Waals surface area (Å²) in [4.78, 5) is 14.4. The third-order valence-corrected chi connectivity index (χ3v) is 8.59. The fourth-order valence-electron chi connectivity index (χ4n) is 4.62. The number of rotatable bonds is 4. The maximum Gasteiger partial charge on any atom is 0.193 e. The lowest BCUT2D eigenvalue weighted by Gasteiger charge is -2.45. The van der Waals surface area contributed by atoms with Crippen molar-refractivity contribution < 1.29 is 0 Å². The molecular weight excluding hydrogens is 501 g/mol. The van der Waals surface area contributed by atoms with Gasteiger partial charge in [-0.15, -0.1) is 35.3 Å². The Balaban J connectivity index is 0.00000225. The maximum atomic E-state index is 4.84. The van der Waals surface area contributed by atoms with E-state index in [2.05, 4.69) is 37.3 Å². The molecule has 1 aliphatic carbocycles. The minimum Gasteiger partial charge on any atom is -0.356 e. The smallest absolute Gasteiger partial charge is 0.193 e. The van der Waals surface area contributed by atoms with Crippen molar-refractivity contribution in [2.45, 2.75) is 56.1 Å². The Hall–Kier alpha value is -0.220. The lowest BCUT2D eigenvalue weighted by atomic mass is 9.87. The van der Waals surface area contributed by atoms with Crippen LogP contribution >= 0.6 is 47.1 Å². The van der Waals surface area contributed by atoms with Gasteiger partial charge >= 0.3 is 0 Å². The fraction of sp³-hybridized carbons (Fsp3) is 0.800. The van der Waals surface area contributed by atoms with Crippen molar-refractivity contribution in [3.63, 3.8) is 0 Å². The van der Waals surface area contributed by atoms with E-state index in [0.717, 1.165) is 32.0 Å². The Labute approximate surface area is 195 Å². The molecule has 4 rings (SSSR count). The lowest BCUT2D eigenvalue weighted by Crippen LogP contribution is -2.53. The predicted octanol–water partition coefficient (Wildman–Crippen LogP) is 4.23. The molecule has 2 saturated heterocycles. The highest BCUT2D eigenvalue weighted by Crippen LogP contribution is 2.42. The van der Waals surface area contributed by atoms with Crippen molar-refractivity contribution in [3.05, 3.63) is 11.1 Å². The number of halogens is 1. The molecule has 8 heteroatoms. The van der Waals surface area contributed by atoms with Gasteiger partial charge in [0.25, 0.3) is 0 Å². The van der Waals surface area contributed by atoms with Gasteiger partial charge in [0.15, 0.2) is 11.1 Å². The summed E-state index contributed by atoms with van der Waals surface area (Å²) in [7, 11) is 1.92. The van der Waals surface area contributed by atoms with E-state index in [0.29, 0.717) is 4.75 Å². The fourth-order valence-corrected chi connectivity index (χ4v) is 7.11. The molecule has 3 heterocycles. The second kappa shape index (κ2) is 10.7. The van der Waals surface area contributed by atoms with E-state index in [1.807, 2.05) is 7.05 Å². The molecule has 158 valence electrons. The molecule has 1 spiro atoms. The maximum absolute atomic E-state index is 4.84. The van der Waals surface area contributed by atoms with Gasteiger partial charge in [0.05, 0.1) is 5.69 Å². The van der Waals surface area contributed by atoms with Gasteiger partial charge in [0.2, 0.25) is 0 Å². The minimum absolute atomic E-state index is 0. The molecule has 1 N–H and O–H groups in total. The first-order valence-electron chi connectivity index (χ1n) is 10.6. The summed E-state index contributed by atoms with van der Waals surface area (Å²) in [6, 6.07) is 0. The highest BCUT2D eigenvalue weighted by molar-refractivity contribution is 14.0. The number of nitrogens with zero attached hydrogens (tertiary/aromatic N) is 4. The number of aromatic nitrogens is 1. The molecule has 0 atom stereocenters. The summed E-state index contributed by atoms with van der Waals surface area (Å²) in [5.74, 6) is 2.31. The summed E-state index contributed by atoms with van der Waals surface area (Å²) in [5, 5.41) is 7.04. The number of thioether (sulfide) groups is 1. The van der Waals surface area contributed by atoms with Crippen molar-refractivity contribution in [1.82, 2.24) is 15.2 Å². The first-order chi connectivity index (χ1) is 13.3. The lowest BCUT2D eigenvalue weighted by molar-refractivity contribution is 0.293. The van der Waals surface area contributed by atoms with Crippen molar-refractivity contribution in [2.24, 2.45) is 4.99 Å². The third-order valence-electron chi connectivity index (χ3n) is 6.11. The van der Waals surface area contributed by atoms with Crippen LogP contribution in [-0.4, -0.2) is 66.1 Å². The third kappa shape index (κ3) is 5.47. The van der Waals surface area contributed by atoms with Crippen LogP contribution in [0.3, 0.4) is 0 Å². The number of hydrogen-bond acceptors (Lipinski definition) is 5. The average Bonchev–Trinajstić information content (AvgIpc) is 3.37. The van der Waals surface area contributed by atoms with Gasteiger partial charge in [-0.05, 0) is 25.7 Å². The first-order valence-corrected chi connectivity index (χ1v) is 12.4. The van der Waals surface area contributed by atoms with Crippen LogP contribution in [0.15, 0.2) is 10.4 Å². The Morgan fingerprint density at radius 1 is 1.18 bits per heavy atom. The molecular formula is C20H34IN5S2. The molecule has 2 aliphatic heterocycles. The Bertz CT molecular complexity index is 633. The normalized spacial score (nSPS) is 22.4. The van der Waals surface area contributed by atoms with Crippen molar-refractivity contribution >= 4 is 58.2 Å². The van der Waals surface area contributed by atoms with E-state index < -0.39 is 0 Å². The average molecular weight is 536 g/mol. The standard InChI is InChI=1S/C20H33N5S2.HI/c1-21-18(25-13-14-27-20(16-25)8-3-2-4-9-20)22-10-7-17-15-26-19(23-17)24-11-5-6-12-24;/h15H,2-14,16H2,1H3,(H,21,22);1H. The summed E-state index contributed by atoms with van der Waals surface area (Å²) >= 11 is 4.01. The van der Waals surface area contributed by atoms with Crippen LogP contribution in [0.25, 0.3) is 0 Å². The number of nitrogens with one attached hydrogen (secondary N) is 1. The molecule has 0 amide bonds. The van der Waals surface area contributed by atoms with Gasteiger partial charge in [-0.2, -0.15) is 11.8 Å². The largest absolute Gasteiger partial charge is 0.356 e. The second-order valence-electron chi connectivity index (χ2n) is 8.05. The molecule has 28 heavy (non-hydrogen) atoms. The number of anilines is 1. The van der Waals surface area contributed by atoms with Crippen molar-refractivity contribution in [3.8, 4) is 0 Å². The Morgan fingerprint density at radius 2 is 1.96 bits per heavy atom. The zero-order valence-corrected chi connectivity index (χ0v) is 21.0. The first kappa shape index (κ1) is 22.5. The minimum atomic E-state index is 0. The van der Waals surface area contributed by atoms with E-state index in [-0.39, 0.29) is 24.0 Å². The quantitative estimate of drug-likeness (QED) is 0.355. The highest BCUT2D eigenvalue weighted by Gasteiger charge is 2.38. The van der Waals surface area contributed by atoms with Gasteiger partial charge in [-0.1, -0.05) is 19.3 Å². The topological polar surface area (TPSA) is 43.8 Å². The molecule has 0 bridgehead atoms. The zero-order valence-electron chi connectivity index (χ0n) is 17.0. The molecule has 0 aromatic carbocycles. The van der Waals surface area contributed by atoms with E-state index in [1.165, 1.54) is 74.6 Å². The molecule has 1 aromatic rings. The van der Waals surface area contributed by atoms with Gasteiger partial charge in [-0.25, -0.2) is 4.98 Å². The van der Waals surface area contributed by atoms with Crippen LogP contribution < -0.4 is 10.2 Å². The summed E-state index contributed by atoms with van der Waals surface area (Å²) < 4.78 is 0.480. The molecule has 0 unspecified atom stereocenters. The number of guanidine groups is 1. The summed E-state index contributed by atoms with van der Waals surface area (Å²) in [6.07, 6.45) is 10.6. The van der Waals surface area contributed by atoms with Crippen LogP contribution in [0.2, 0.25) is 0 Å². The Morgan fingerprint density at radius 3 is 2.71 bits per heavy atom. The summed E-state index contributed by atoms with van der Waals surface area (Å²) in [5.41, 5.74) is 1.21. The number of thiazole rings is 1. The van der Waals surface area contributed by atoms with Crippen LogP contribution in [0.4, 0.5) is 5.13 Å². The summed E-state index contributed by atoms with van der Waals surface area (Å²) in [6.45, 7) is 5.53. The number of hydrogen-bond donors (Lipinski definition) is 1. The van der Waals surface area contributed by atoms with Crippen LogP contribution in [-0.2, 0) is 6.42 Å². The van der Waals surface area contributed by atoms with Crippen molar-refractivity contribution in [1.29, 1.82) is 0 Å². The molecule has 5 nitrogen and oxygen atoms in total. The van der Waals surface area contributed by atoms with Gasteiger partial charge in [0.1, 0.15) is 0 Å². The second-order valence-corrected chi connectivity index (χ2v) is 10.5. The van der Waals surface area contributed by atoms with Crippen LogP contribution in [0.5, 0.6) is 0 Å². The highest BCUT2D eigenvalue weighted by atomic mass is 127. The molecule has 3 fully saturated rings. The number of aliphatic imine (C=N–C) groups is 1. The Kier molecular flexibility index (Phi) is 8.59. The SMILES string of the molecule is CN=C(NCCc1csc(N2CCCC2)n1)N1CCSC2(CCCCC2)C1.I.